The molecule has 1 aromatic heterocycles. The van der Waals surface area contributed by atoms with Crippen LogP contribution in [0.15, 0.2) is 48.5 Å². The number of aliphatic carboxylic acids is 1. The van der Waals surface area contributed by atoms with Gasteiger partial charge in [0.2, 0.25) is 0 Å². The Morgan fingerprint density at radius 1 is 1.25 bits per heavy atom. The number of carboxylic acid groups (broad SMARTS) is 1. The number of aromatic nitrogens is 1. The third-order valence-corrected chi connectivity index (χ3v) is 6.71. The molecule has 3 aromatic carbocycles. The number of carbonyl (C=O) groups excluding carboxylic acids is 1. The third kappa shape index (κ3) is 3.59. The van der Waals surface area contributed by atoms with E-state index in [2.05, 4.69) is 5.32 Å². The lowest BCUT2D eigenvalue weighted by Gasteiger charge is -2.19. The summed E-state index contributed by atoms with van der Waals surface area (Å²) in [6.45, 7) is 1.85. The van der Waals surface area contributed by atoms with Crippen molar-refractivity contribution in [3.05, 3.63) is 64.7 Å². The summed E-state index contributed by atoms with van der Waals surface area (Å²) in [5.74, 6) is -0.506. The van der Waals surface area contributed by atoms with Gasteiger partial charge in [-0.15, -0.1) is 11.3 Å². The number of rotatable bonds is 4. The van der Waals surface area contributed by atoms with Gasteiger partial charge in [-0.1, -0.05) is 29.8 Å². The minimum Gasteiger partial charge on any atom is -0.481 e. The molecule has 0 spiro atoms. The molecule has 0 bridgehead atoms. The first-order valence-corrected chi connectivity index (χ1v) is 11.1. The number of carbonyl (C=O) groups is 2. The van der Waals surface area contributed by atoms with Crippen LogP contribution in [0.25, 0.3) is 31.9 Å². The van der Waals surface area contributed by atoms with Crippen LogP contribution in [0.4, 0.5) is 5.69 Å². The van der Waals surface area contributed by atoms with E-state index >= 15 is 0 Å². The molecule has 5 rings (SSSR count). The third-order valence-electron chi connectivity index (χ3n) is 5.34. The van der Waals surface area contributed by atoms with E-state index in [0.717, 1.165) is 43.0 Å². The molecule has 6 nitrogen and oxygen atoms in total. The van der Waals surface area contributed by atoms with Crippen molar-refractivity contribution < 1.29 is 19.4 Å². The quantitative estimate of drug-likeness (QED) is 0.413. The van der Waals surface area contributed by atoms with Gasteiger partial charge in [-0.25, -0.2) is 4.98 Å². The lowest BCUT2D eigenvalue weighted by Crippen LogP contribution is -2.25. The number of halogens is 1. The van der Waals surface area contributed by atoms with Gasteiger partial charge in [-0.2, -0.15) is 0 Å². The second-order valence-corrected chi connectivity index (χ2v) is 8.95. The van der Waals surface area contributed by atoms with E-state index in [0.29, 0.717) is 16.5 Å². The van der Waals surface area contributed by atoms with Crippen LogP contribution in [0, 0.1) is 6.92 Å². The highest BCUT2D eigenvalue weighted by atomic mass is 35.5. The number of carboxylic acids is 1. The molecule has 32 heavy (non-hydrogen) atoms. The van der Waals surface area contributed by atoms with Gasteiger partial charge in [-0.05, 0) is 53.9 Å². The van der Waals surface area contributed by atoms with Crippen LogP contribution in [-0.2, 0) is 16.0 Å². The molecule has 0 atom stereocenters. The zero-order chi connectivity index (χ0) is 22.4. The van der Waals surface area contributed by atoms with Crippen molar-refractivity contribution in [2.45, 2.75) is 13.3 Å². The molecule has 0 saturated heterocycles. The molecule has 2 N–H and O–H groups in total. The number of aryl methyl sites for hydroxylation is 1. The van der Waals surface area contributed by atoms with Crippen molar-refractivity contribution in [3.63, 3.8) is 0 Å². The topological polar surface area (TPSA) is 88.5 Å². The highest BCUT2D eigenvalue weighted by Crippen LogP contribution is 2.45. The molecule has 2 heterocycles. The van der Waals surface area contributed by atoms with Crippen molar-refractivity contribution >= 4 is 50.7 Å². The monoisotopic (exact) mass is 464 g/mol. The van der Waals surface area contributed by atoms with Gasteiger partial charge in [0, 0.05) is 10.6 Å². The Bertz CT molecular complexity index is 1400. The smallest absolute Gasteiger partial charge is 0.307 e. The van der Waals surface area contributed by atoms with Crippen molar-refractivity contribution in [1.29, 1.82) is 0 Å². The fraction of sp³-hybridized carbons (Fsp3) is 0.125. The van der Waals surface area contributed by atoms with E-state index in [-0.39, 0.29) is 18.9 Å². The largest absolute Gasteiger partial charge is 0.481 e. The SMILES string of the molecule is Cc1cc2nc(-c3cccc4c3OCC(=O)N4)sc2c(-c2ccc(Cl)cc2)c1CC(=O)O. The minimum atomic E-state index is -0.895. The molecule has 8 heteroatoms. The molecule has 1 amide bonds. The van der Waals surface area contributed by atoms with Crippen LogP contribution in [0.3, 0.4) is 0 Å². The summed E-state index contributed by atoms with van der Waals surface area (Å²) < 4.78 is 6.60. The number of para-hydroxylation sites is 1. The van der Waals surface area contributed by atoms with Crippen LogP contribution in [0.5, 0.6) is 5.75 Å². The van der Waals surface area contributed by atoms with Gasteiger partial charge in [0.1, 0.15) is 5.01 Å². The molecular weight excluding hydrogens is 448 g/mol. The summed E-state index contributed by atoms with van der Waals surface area (Å²) in [5.41, 5.74) is 5.51. The van der Waals surface area contributed by atoms with E-state index in [9.17, 15) is 14.7 Å². The lowest BCUT2D eigenvalue weighted by molar-refractivity contribution is -0.136. The zero-order valence-electron chi connectivity index (χ0n) is 16.9. The fourth-order valence-corrected chi connectivity index (χ4v) is 5.22. The van der Waals surface area contributed by atoms with Crippen molar-refractivity contribution in [2.75, 3.05) is 11.9 Å². The summed E-state index contributed by atoms with van der Waals surface area (Å²) in [6.07, 6.45) is -0.0944. The zero-order valence-corrected chi connectivity index (χ0v) is 18.5. The number of amides is 1. The number of ether oxygens (including phenoxy) is 1. The first-order valence-electron chi connectivity index (χ1n) is 9.87. The van der Waals surface area contributed by atoms with Crippen LogP contribution in [-0.4, -0.2) is 28.6 Å². The number of benzene rings is 3. The van der Waals surface area contributed by atoms with Crippen LogP contribution >= 0.6 is 22.9 Å². The van der Waals surface area contributed by atoms with Crippen LogP contribution < -0.4 is 10.1 Å². The lowest BCUT2D eigenvalue weighted by atomic mass is 9.93. The molecule has 0 unspecified atom stereocenters. The summed E-state index contributed by atoms with van der Waals surface area (Å²) in [6, 6.07) is 14.8. The maximum Gasteiger partial charge on any atom is 0.307 e. The Kier molecular flexibility index (Phi) is 5.07. The van der Waals surface area contributed by atoms with E-state index in [1.807, 2.05) is 37.3 Å². The van der Waals surface area contributed by atoms with E-state index in [1.165, 1.54) is 11.3 Å². The predicted octanol–water partition coefficient (Wildman–Crippen LogP) is 5.55. The Morgan fingerprint density at radius 3 is 2.78 bits per heavy atom. The maximum atomic E-state index is 11.7. The van der Waals surface area contributed by atoms with Gasteiger partial charge in [0.05, 0.1) is 27.9 Å². The van der Waals surface area contributed by atoms with Gasteiger partial charge < -0.3 is 15.2 Å². The Balaban J connectivity index is 1.75. The number of hydrogen-bond donors (Lipinski definition) is 2. The molecule has 0 aliphatic carbocycles. The van der Waals surface area contributed by atoms with Crippen LogP contribution in [0.1, 0.15) is 11.1 Å². The first-order chi connectivity index (χ1) is 15.4. The number of hydrogen-bond acceptors (Lipinski definition) is 5. The molecular formula is C24H17ClN2O4S. The molecule has 0 saturated carbocycles. The minimum absolute atomic E-state index is 0.0488. The van der Waals surface area contributed by atoms with E-state index in [4.69, 9.17) is 21.3 Å². The fourth-order valence-electron chi connectivity index (χ4n) is 3.93. The summed E-state index contributed by atoms with van der Waals surface area (Å²) in [7, 11) is 0. The second kappa shape index (κ2) is 7.93. The van der Waals surface area contributed by atoms with Crippen LogP contribution in [0.2, 0.25) is 5.02 Å². The number of nitrogens with one attached hydrogen (secondary N) is 1. The molecule has 1 aliphatic heterocycles. The Labute approximate surface area is 192 Å². The number of fused-ring (bicyclic) bond motifs is 2. The molecule has 0 radical (unpaired) electrons. The average Bonchev–Trinajstić information content (AvgIpc) is 3.17. The van der Waals surface area contributed by atoms with Gasteiger partial charge in [-0.3, -0.25) is 9.59 Å². The molecule has 0 fully saturated rings. The predicted molar refractivity (Wildman–Crippen MR) is 126 cm³/mol. The normalized spacial score (nSPS) is 12.9. The highest BCUT2D eigenvalue weighted by molar-refractivity contribution is 7.22. The molecule has 4 aromatic rings. The number of thiazole rings is 1. The standard InChI is InChI=1S/C24H17ClN2O4S/c1-12-9-18-23(21(16(12)10-20(29)30)13-5-7-14(25)8-6-13)32-24(27-18)15-3-2-4-17-22(15)31-11-19(28)26-17/h2-9H,10-11H2,1H3,(H,26,28)(H,29,30). The highest BCUT2D eigenvalue weighted by Gasteiger charge is 2.24. The first kappa shape index (κ1) is 20.5. The van der Waals surface area contributed by atoms with Crippen molar-refractivity contribution in [1.82, 2.24) is 4.98 Å². The van der Waals surface area contributed by atoms with Crippen molar-refractivity contribution in [3.8, 4) is 27.4 Å². The second-order valence-electron chi connectivity index (χ2n) is 7.51. The number of anilines is 1. The molecule has 1 aliphatic rings. The van der Waals surface area contributed by atoms with Gasteiger partial charge in [0.25, 0.3) is 5.91 Å². The van der Waals surface area contributed by atoms with Crippen molar-refractivity contribution in [2.24, 2.45) is 0 Å². The van der Waals surface area contributed by atoms with E-state index in [1.54, 1.807) is 18.2 Å². The van der Waals surface area contributed by atoms with E-state index < -0.39 is 5.97 Å². The van der Waals surface area contributed by atoms with Gasteiger partial charge >= 0.3 is 5.97 Å². The molecule has 160 valence electrons. The average molecular weight is 465 g/mol. The van der Waals surface area contributed by atoms with Gasteiger partial charge in [0.15, 0.2) is 12.4 Å². The number of nitrogens with zero attached hydrogens (tertiary/aromatic N) is 1. The summed E-state index contributed by atoms with van der Waals surface area (Å²) in [5, 5.41) is 13.7. The Hall–Kier alpha value is -3.42. The summed E-state index contributed by atoms with van der Waals surface area (Å²) in [4.78, 5) is 28.2. The summed E-state index contributed by atoms with van der Waals surface area (Å²) >= 11 is 7.56. The maximum absolute atomic E-state index is 11.7. The Morgan fingerprint density at radius 2 is 2.03 bits per heavy atom.